The number of fused-ring (bicyclic) bond motifs is 4. The zero-order chi connectivity index (χ0) is 23.0. The topological polar surface area (TPSA) is 56.0 Å². The van der Waals surface area contributed by atoms with Gasteiger partial charge in [-0.1, -0.05) is 0 Å². The van der Waals surface area contributed by atoms with E-state index in [-0.39, 0.29) is 23.6 Å². The number of rotatable bonds is 3. The molecule has 0 radical (unpaired) electrons. The van der Waals surface area contributed by atoms with Crippen molar-refractivity contribution in [2.45, 2.75) is 63.6 Å². The molecule has 2 aliphatic heterocycles. The van der Waals surface area contributed by atoms with Gasteiger partial charge in [0.25, 0.3) is 5.91 Å². The average Bonchev–Trinajstić information content (AvgIpc) is 3.48. The molecule has 1 saturated carbocycles. The van der Waals surface area contributed by atoms with Crippen LogP contribution in [0.3, 0.4) is 0 Å². The van der Waals surface area contributed by atoms with Gasteiger partial charge < -0.3 is 4.90 Å². The first-order valence-electron chi connectivity index (χ1n) is 11.4. The van der Waals surface area contributed by atoms with Crippen LogP contribution in [0.15, 0.2) is 18.3 Å². The molecule has 172 valence electrons. The molecule has 1 aromatic carbocycles. The zero-order valence-electron chi connectivity index (χ0n) is 18.5. The first-order valence-corrected chi connectivity index (χ1v) is 11.4. The molecule has 1 aliphatic carbocycles. The van der Waals surface area contributed by atoms with Crippen LogP contribution in [0.4, 0.5) is 13.2 Å². The maximum atomic E-state index is 14.0. The molecular formula is C24H24F3N5O. The van der Waals surface area contributed by atoms with Gasteiger partial charge in [0, 0.05) is 30.4 Å². The lowest BCUT2D eigenvalue weighted by Crippen LogP contribution is -2.50. The largest absolute Gasteiger partial charge is 0.327 e. The van der Waals surface area contributed by atoms with E-state index in [9.17, 15) is 18.0 Å². The van der Waals surface area contributed by atoms with Gasteiger partial charge >= 0.3 is 0 Å². The molecule has 3 aliphatic rings. The Morgan fingerprint density at radius 3 is 2.45 bits per heavy atom. The van der Waals surface area contributed by atoms with Crippen molar-refractivity contribution in [3.8, 4) is 11.3 Å². The summed E-state index contributed by atoms with van der Waals surface area (Å²) in [6.07, 6.45) is 7.19. The number of nitrogens with zero attached hydrogens (tertiary/aromatic N) is 5. The van der Waals surface area contributed by atoms with Gasteiger partial charge in [0.15, 0.2) is 17.5 Å². The standard InChI is InChI=1S/C24H24F3N5O/c1-12-17(11-31(28-12)14-6-7-14)24(33)32-15-4-3-5-20(32)22-16(10-15)23(30(2)29-22)13-8-18(25)21(27)19(26)9-13/h8-9,11,14-15,20H,3-7,10H2,1-2H3/t15-,20+/m0/s1. The minimum Gasteiger partial charge on any atom is -0.327 e. The molecule has 4 heterocycles. The molecule has 2 atom stereocenters. The highest BCUT2D eigenvalue weighted by Gasteiger charge is 2.44. The van der Waals surface area contributed by atoms with Gasteiger partial charge in [-0.25, -0.2) is 13.2 Å². The van der Waals surface area contributed by atoms with Crippen molar-refractivity contribution in [3.63, 3.8) is 0 Å². The molecule has 0 spiro atoms. The fraction of sp³-hybridized carbons (Fsp3) is 0.458. The summed E-state index contributed by atoms with van der Waals surface area (Å²) in [7, 11) is 1.72. The van der Waals surface area contributed by atoms with E-state index < -0.39 is 17.5 Å². The van der Waals surface area contributed by atoms with Gasteiger partial charge in [0.2, 0.25) is 0 Å². The number of aryl methyl sites for hydroxylation is 2. The molecule has 6 rings (SSSR count). The third kappa shape index (κ3) is 3.12. The van der Waals surface area contributed by atoms with Crippen molar-refractivity contribution in [2.75, 3.05) is 0 Å². The van der Waals surface area contributed by atoms with Gasteiger partial charge in [0.1, 0.15) is 0 Å². The lowest BCUT2D eigenvalue weighted by Gasteiger charge is -2.45. The fourth-order valence-corrected chi connectivity index (χ4v) is 5.56. The zero-order valence-corrected chi connectivity index (χ0v) is 18.5. The Balaban J connectivity index is 1.41. The second-order valence-corrected chi connectivity index (χ2v) is 9.45. The van der Waals surface area contributed by atoms with E-state index in [0.717, 1.165) is 61.2 Å². The van der Waals surface area contributed by atoms with Crippen LogP contribution < -0.4 is 0 Å². The van der Waals surface area contributed by atoms with Crippen LogP contribution in [0.25, 0.3) is 11.3 Å². The Bertz CT molecular complexity index is 1270. The molecule has 9 heteroatoms. The normalized spacial score (nSPS) is 21.9. The van der Waals surface area contributed by atoms with Crippen molar-refractivity contribution in [2.24, 2.45) is 7.05 Å². The first kappa shape index (κ1) is 20.5. The number of hydrogen-bond acceptors (Lipinski definition) is 3. The van der Waals surface area contributed by atoms with Crippen LogP contribution in [0, 0.1) is 24.4 Å². The molecule has 2 bridgehead atoms. The number of benzene rings is 1. The summed E-state index contributed by atoms with van der Waals surface area (Å²) in [5.41, 5.74) is 3.82. The van der Waals surface area contributed by atoms with Crippen molar-refractivity contribution in [3.05, 3.63) is 58.3 Å². The Morgan fingerprint density at radius 1 is 1.03 bits per heavy atom. The summed E-state index contributed by atoms with van der Waals surface area (Å²) < 4.78 is 45.0. The monoisotopic (exact) mass is 455 g/mol. The van der Waals surface area contributed by atoms with Crippen molar-refractivity contribution < 1.29 is 18.0 Å². The number of piperidine rings is 1. The number of amides is 1. The maximum Gasteiger partial charge on any atom is 0.258 e. The van der Waals surface area contributed by atoms with E-state index in [1.165, 1.54) is 0 Å². The summed E-state index contributed by atoms with van der Waals surface area (Å²) in [5, 5.41) is 9.24. The molecule has 0 unspecified atom stereocenters. The molecule has 1 amide bonds. The SMILES string of the molecule is Cc1nn(C2CC2)cc1C(=O)N1[C@H]2CCC[C@@H]1c1nn(C)c(-c3cc(F)c(F)c(F)c3)c1C2. The lowest BCUT2D eigenvalue weighted by atomic mass is 9.81. The Hall–Kier alpha value is -3.10. The highest BCUT2D eigenvalue weighted by atomic mass is 19.2. The van der Waals surface area contributed by atoms with E-state index in [0.29, 0.717) is 23.7 Å². The van der Waals surface area contributed by atoms with E-state index in [4.69, 9.17) is 0 Å². The summed E-state index contributed by atoms with van der Waals surface area (Å²) >= 11 is 0. The maximum absolute atomic E-state index is 14.0. The molecule has 0 N–H and O–H groups in total. The Labute approximate surface area is 189 Å². The Kier molecular flexibility index (Phi) is 4.47. The number of carbonyl (C=O) groups is 1. The van der Waals surface area contributed by atoms with E-state index >= 15 is 0 Å². The van der Waals surface area contributed by atoms with Crippen LogP contribution in [-0.2, 0) is 13.5 Å². The highest BCUT2D eigenvalue weighted by molar-refractivity contribution is 5.96. The summed E-state index contributed by atoms with van der Waals surface area (Å²) in [5.74, 6) is -3.97. The quantitative estimate of drug-likeness (QED) is 0.541. The van der Waals surface area contributed by atoms with E-state index in [1.807, 2.05) is 22.7 Å². The van der Waals surface area contributed by atoms with E-state index in [2.05, 4.69) is 10.2 Å². The fourth-order valence-electron chi connectivity index (χ4n) is 5.56. The number of hydrogen-bond donors (Lipinski definition) is 0. The average molecular weight is 455 g/mol. The second-order valence-electron chi connectivity index (χ2n) is 9.45. The molecular weight excluding hydrogens is 431 g/mol. The minimum atomic E-state index is -1.48. The number of halogens is 3. The predicted molar refractivity (Wildman–Crippen MR) is 114 cm³/mol. The molecule has 2 fully saturated rings. The van der Waals surface area contributed by atoms with Gasteiger partial charge in [-0.2, -0.15) is 10.2 Å². The van der Waals surface area contributed by atoms with Gasteiger partial charge in [-0.15, -0.1) is 0 Å². The summed E-state index contributed by atoms with van der Waals surface area (Å²) in [4.78, 5) is 15.6. The molecule has 33 heavy (non-hydrogen) atoms. The van der Waals surface area contributed by atoms with E-state index in [1.54, 1.807) is 11.7 Å². The highest BCUT2D eigenvalue weighted by Crippen LogP contribution is 2.45. The smallest absolute Gasteiger partial charge is 0.258 e. The third-order valence-corrected chi connectivity index (χ3v) is 7.24. The van der Waals surface area contributed by atoms with Crippen LogP contribution in [0.1, 0.15) is 71.5 Å². The lowest BCUT2D eigenvalue weighted by molar-refractivity contribution is 0.0391. The predicted octanol–water partition coefficient (Wildman–Crippen LogP) is 4.64. The number of aromatic nitrogens is 4. The number of carbonyl (C=O) groups excluding carboxylic acids is 1. The van der Waals surface area contributed by atoms with Crippen molar-refractivity contribution in [1.29, 1.82) is 0 Å². The third-order valence-electron chi connectivity index (χ3n) is 7.24. The van der Waals surface area contributed by atoms with Gasteiger partial charge in [0.05, 0.1) is 34.7 Å². The summed E-state index contributed by atoms with van der Waals surface area (Å²) in [6.45, 7) is 1.87. The minimum absolute atomic E-state index is 0.0363. The molecule has 1 saturated heterocycles. The van der Waals surface area contributed by atoms with Crippen LogP contribution in [0.2, 0.25) is 0 Å². The van der Waals surface area contributed by atoms with Gasteiger partial charge in [-0.3, -0.25) is 14.2 Å². The Morgan fingerprint density at radius 2 is 1.76 bits per heavy atom. The molecule has 3 aromatic rings. The second kappa shape index (κ2) is 7.20. The van der Waals surface area contributed by atoms with Gasteiger partial charge in [-0.05, 0) is 57.6 Å². The molecule has 6 nitrogen and oxygen atoms in total. The first-order chi connectivity index (χ1) is 15.8. The summed E-state index contributed by atoms with van der Waals surface area (Å²) in [6, 6.07) is 2.17. The van der Waals surface area contributed by atoms with Crippen molar-refractivity contribution in [1.82, 2.24) is 24.5 Å². The van der Waals surface area contributed by atoms with Crippen molar-refractivity contribution >= 4 is 5.91 Å². The van der Waals surface area contributed by atoms with Crippen LogP contribution in [-0.4, -0.2) is 36.4 Å². The van der Waals surface area contributed by atoms with Crippen LogP contribution >= 0.6 is 0 Å². The van der Waals surface area contributed by atoms with Crippen LogP contribution in [0.5, 0.6) is 0 Å². The molecule has 2 aromatic heterocycles.